The summed E-state index contributed by atoms with van der Waals surface area (Å²) in [7, 11) is 0. The van der Waals surface area contributed by atoms with Gasteiger partial charge in [0.25, 0.3) is 0 Å². The summed E-state index contributed by atoms with van der Waals surface area (Å²) in [6.45, 7) is -1.42. The van der Waals surface area contributed by atoms with Crippen molar-refractivity contribution >= 4 is 0 Å². The van der Waals surface area contributed by atoms with Crippen molar-refractivity contribution in [3.8, 4) is 0 Å². The summed E-state index contributed by atoms with van der Waals surface area (Å²) in [4.78, 5) is 0. The smallest absolute Gasteiger partial charge is 0.186 e. The summed E-state index contributed by atoms with van der Waals surface area (Å²) in [5.41, 5.74) is 0. The van der Waals surface area contributed by atoms with Crippen LogP contribution in [0.25, 0.3) is 0 Å². The molecule has 1 saturated heterocycles. The van der Waals surface area contributed by atoms with Crippen LogP contribution in [0.4, 0.5) is 0 Å². The van der Waals surface area contributed by atoms with Gasteiger partial charge in [-0.2, -0.15) is 0 Å². The van der Waals surface area contributed by atoms with Gasteiger partial charge in [-0.1, -0.05) is 0 Å². The van der Waals surface area contributed by atoms with E-state index in [0.717, 1.165) is 0 Å². The lowest BCUT2D eigenvalue weighted by molar-refractivity contribution is -0.192. The Bertz CT molecular complexity index is 225. The van der Waals surface area contributed by atoms with Gasteiger partial charge in [-0.25, -0.2) is 0 Å². The molecule has 0 aliphatic carbocycles. The number of hydrogen-bond donors (Lipinski definition) is 6. The van der Waals surface area contributed by atoms with E-state index in [-0.39, 0.29) is 6.61 Å². The van der Waals surface area contributed by atoms with Crippen molar-refractivity contribution < 1.29 is 40.1 Å². The van der Waals surface area contributed by atoms with E-state index in [9.17, 15) is 15.3 Å². The molecule has 0 aromatic rings. The first-order chi connectivity index (χ1) is 8.01. The van der Waals surface area contributed by atoms with Gasteiger partial charge in [-0.15, -0.1) is 0 Å². The van der Waals surface area contributed by atoms with Crippen molar-refractivity contribution in [3.63, 3.8) is 0 Å². The molecule has 6 N–H and O–H groups in total. The van der Waals surface area contributed by atoms with Crippen LogP contribution in [0.1, 0.15) is 0 Å². The van der Waals surface area contributed by atoms with Gasteiger partial charge in [0.1, 0.15) is 30.5 Å². The van der Waals surface area contributed by atoms with Crippen molar-refractivity contribution in [1.82, 2.24) is 0 Å². The largest absolute Gasteiger partial charge is 0.394 e. The van der Waals surface area contributed by atoms with Crippen LogP contribution >= 0.6 is 0 Å². The Balaban J connectivity index is 2.47. The zero-order chi connectivity index (χ0) is 13.0. The SMILES string of the molecule is OCC(O)COC1O[C@@H]([C@H](O)CO)[C@H](O)[C@H]1O. The van der Waals surface area contributed by atoms with E-state index in [1.165, 1.54) is 0 Å². The van der Waals surface area contributed by atoms with Crippen LogP contribution in [0.5, 0.6) is 0 Å². The lowest BCUT2D eigenvalue weighted by Crippen LogP contribution is -2.40. The Labute approximate surface area is 97.6 Å². The summed E-state index contributed by atoms with van der Waals surface area (Å²) in [5.74, 6) is 0. The predicted octanol–water partition coefficient (Wildman–Crippen LogP) is -3.84. The third kappa shape index (κ3) is 3.57. The lowest BCUT2D eigenvalue weighted by Gasteiger charge is -2.18. The standard InChI is InChI=1S/C9H18O8/c10-1-4(12)3-16-9-7(15)6(14)8(17-9)5(13)2-11/h4-15H,1-3H2/t4?,5-,6-,7-,8+,9?/m1/s1. The number of aliphatic hydroxyl groups excluding tert-OH is 6. The Morgan fingerprint density at radius 1 is 1.06 bits per heavy atom. The third-order valence-corrected chi connectivity index (χ3v) is 2.49. The Morgan fingerprint density at radius 2 is 1.71 bits per heavy atom. The van der Waals surface area contributed by atoms with E-state index in [0.29, 0.717) is 0 Å². The molecule has 0 amide bonds. The van der Waals surface area contributed by atoms with Crippen molar-refractivity contribution in [2.45, 2.75) is 36.8 Å². The van der Waals surface area contributed by atoms with Crippen molar-refractivity contribution in [1.29, 1.82) is 0 Å². The second kappa shape index (κ2) is 6.57. The maximum Gasteiger partial charge on any atom is 0.186 e. The van der Waals surface area contributed by atoms with Gasteiger partial charge < -0.3 is 40.1 Å². The molecule has 1 heterocycles. The van der Waals surface area contributed by atoms with E-state index in [4.69, 9.17) is 24.8 Å². The average Bonchev–Trinajstić information content (AvgIpc) is 2.62. The Morgan fingerprint density at radius 3 is 2.24 bits per heavy atom. The first-order valence-corrected chi connectivity index (χ1v) is 5.22. The van der Waals surface area contributed by atoms with E-state index in [1.807, 2.05) is 0 Å². The predicted molar refractivity (Wildman–Crippen MR) is 52.8 cm³/mol. The van der Waals surface area contributed by atoms with E-state index >= 15 is 0 Å². The molecular formula is C9H18O8. The molecule has 0 bridgehead atoms. The van der Waals surface area contributed by atoms with E-state index in [1.54, 1.807) is 0 Å². The van der Waals surface area contributed by atoms with Crippen LogP contribution in [0.3, 0.4) is 0 Å². The summed E-state index contributed by atoms with van der Waals surface area (Å²) >= 11 is 0. The fourth-order valence-electron chi connectivity index (χ4n) is 1.49. The van der Waals surface area contributed by atoms with Crippen LogP contribution in [0.2, 0.25) is 0 Å². The molecule has 8 heteroatoms. The second-order valence-corrected chi connectivity index (χ2v) is 3.87. The summed E-state index contributed by atoms with van der Waals surface area (Å²) < 4.78 is 9.94. The molecule has 0 aromatic carbocycles. The number of hydrogen-bond acceptors (Lipinski definition) is 8. The molecule has 1 fully saturated rings. The van der Waals surface area contributed by atoms with Gasteiger partial charge >= 0.3 is 0 Å². The number of aliphatic hydroxyl groups is 6. The molecule has 102 valence electrons. The average molecular weight is 254 g/mol. The zero-order valence-electron chi connectivity index (χ0n) is 9.09. The molecule has 8 nitrogen and oxygen atoms in total. The molecule has 6 atom stereocenters. The normalized spacial score (nSPS) is 37.1. The van der Waals surface area contributed by atoms with Crippen LogP contribution in [-0.4, -0.2) is 87.3 Å². The van der Waals surface area contributed by atoms with Crippen molar-refractivity contribution in [3.05, 3.63) is 0 Å². The van der Waals surface area contributed by atoms with Crippen LogP contribution < -0.4 is 0 Å². The molecule has 1 aliphatic heterocycles. The highest BCUT2D eigenvalue weighted by Crippen LogP contribution is 2.24. The molecule has 2 unspecified atom stereocenters. The maximum atomic E-state index is 9.52. The zero-order valence-corrected chi connectivity index (χ0v) is 9.09. The lowest BCUT2D eigenvalue weighted by atomic mass is 10.1. The molecule has 0 aromatic heterocycles. The van der Waals surface area contributed by atoms with Crippen LogP contribution in [-0.2, 0) is 9.47 Å². The topological polar surface area (TPSA) is 140 Å². The molecule has 17 heavy (non-hydrogen) atoms. The minimum Gasteiger partial charge on any atom is -0.394 e. The monoisotopic (exact) mass is 254 g/mol. The van der Waals surface area contributed by atoms with Crippen LogP contribution in [0, 0.1) is 0 Å². The second-order valence-electron chi connectivity index (χ2n) is 3.87. The van der Waals surface area contributed by atoms with Crippen molar-refractivity contribution in [2.75, 3.05) is 19.8 Å². The third-order valence-electron chi connectivity index (χ3n) is 2.49. The number of ether oxygens (including phenoxy) is 2. The fraction of sp³-hybridized carbons (Fsp3) is 1.00. The molecule has 1 aliphatic rings. The summed E-state index contributed by atoms with van der Waals surface area (Å²) in [6.07, 6.45) is -7.63. The van der Waals surface area contributed by atoms with Gasteiger partial charge in [0.15, 0.2) is 6.29 Å². The quantitative estimate of drug-likeness (QED) is 0.283. The summed E-state index contributed by atoms with van der Waals surface area (Å²) in [5, 5.41) is 54.6. The number of rotatable bonds is 6. The van der Waals surface area contributed by atoms with Crippen molar-refractivity contribution in [2.24, 2.45) is 0 Å². The van der Waals surface area contributed by atoms with E-state index in [2.05, 4.69) is 0 Å². The van der Waals surface area contributed by atoms with E-state index < -0.39 is 50.0 Å². The highest BCUT2D eigenvalue weighted by atomic mass is 16.7. The summed E-state index contributed by atoms with van der Waals surface area (Å²) in [6, 6.07) is 0. The Kier molecular flexibility index (Phi) is 5.70. The first kappa shape index (κ1) is 14.7. The fourth-order valence-corrected chi connectivity index (χ4v) is 1.49. The minimum atomic E-state index is -1.40. The highest BCUT2D eigenvalue weighted by molar-refractivity contribution is 4.90. The van der Waals surface area contributed by atoms with Gasteiger partial charge in [-0.3, -0.25) is 0 Å². The highest BCUT2D eigenvalue weighted by Gasteiger charge is 2.46. The van der Waals surface area contributed by atoms with Crippen LogP contribution in [0.15, 0.2) is 0 Å². The Hall–Kier alpha value is -0.320. The van der Waals surface area contributed by atoms with Gasteiger partial charge in [0.2, 0.25) is 0 Å². The molecule has 0 spiro atoms. The van der Waals surface area contributed by atoms with Gasteiger partial charge in [0, 0.05) is 0 Å². The molecular weight excluding hydrogens is 236 g/mol. The first-order valence-electron chi connectivity index (χ1n) is 5.22. The molecule has 0 saturated carbocycles. The molecule has 1 rings (SSSR count). The van der Waals surface area contributed by atoms with Gasteiger partial charge in [0.05, 0.1) is 19.8 Å². The maximum absolute atomic E-state index is 9.52. The molecule has 0 radical (unpaired) electrons. The minimum absolute atomic E-state index is 0.285. The van der Waals surface area contributed by atoms with Gasteiger partial charge in [-0.05, 0) is 0 Å².